The van der Waals surface area contributed by atoms with Crippen molar-refractivity contribution < 1.29 is 23.5 Å². The molecule has 0 bridgehead atoms. The third-order valence-electron chi connectivity index (χ3n) is 5.40. The quantitative estimate of drug-likeness (QED) is 0.385. The fourth-order valence-corrected chi connectivity index (χ4v) is 5.89. The second kappa shape index (κ2) is 8.66. The first kappa shape index (κ1) is 23.3. The van der Waals surface area contributed by atoms with Gasteiger partial charge in [0.1, 0.15) is 11.4 Å². The van der Waals surface area contributed by atoms with E-state index in [9.17, 15) is 14.0 Å². The Hall–Kier alpha value is -1.33. The van der Waals surface area contributed by atoms with Crippen LogP contribution in [0.5, 0.6) is 0 Å². The Balaban J connectivity index is 2.08. The maximum Gasteiger partial charge on any atom is 0.338 e. The lowest BCUT2D eigenvalue weighted by molar-refractivity contribution is -0.157. The molecule has 1 aromatic heterocycles. The van der Waals surface area contributed by atoms with E-state index < -0.39 is 22.9 Å². The van der Waals surface area contributed by atoms with Crippen molar-refractivity contribution in [2.45, 2.75) is 51.7 Å². The standard InChI is InChI=1S/C21H26FIN2O4S/c1-20(2,3)29-18(26)12-24-8-6-7-21(24,4)17-11-14-15(19(27)28-5)9-13(22)10-16(14)25(17)30-23/h9-11H,6-8,12H2,1-5H3/t21-/m1/s1. The van der Waals surface area contributed by atoms with Crippen molar-refractivity contribution in [3.05, 3.63) is 35.3 Å². The number of methoxy groups -OCH3 is 1. The minimum Gasteiger partial charge on any atom is -0.465 e. The molecule has 0 N–H and O–H groups in total. The third kappa shape index (κ3) is 4.47. The largest absolute Gasteiger partial charge is 0.465 e. The van der Waals surface area contributed by atoms with Gasteiger partial charge < -0.3 is 9.47 Å². The first-order valence-electron chi connectivity index (χ1n) is 9.70. The van der Waals surface area contributed by atoms with Crippen molar-refractivity contribution in [2.24, 2.45) is 0 Å². The molecule has 1 fully saturated rings. The van der Waals surface area contributed by atoms with Crippen LogP contribution in [0, 0.1) is 5.82 Å². The van der Waals surface area contributed by atoms with Gasteiger partial charge in [0.15, 0.2) is 0 Å². The average Bonchev–Trinajstić information content (AvgIpc) is 3.20. The van der Waals surface area contributed by atoms with Crippen molar-refractivity contribution in [1.29, 1.82) is 0 Å². The van der Waals surface area contributed by atoms with Gasteiger partial charge in [0.25, 0.3) is 0 Å². The van der Waals surface area contributed by atoms with Crippen LogP contribution in [0.25, 0.3) is 10.9 Å². The zero-order chi connectivity index (χ0) is 22.3. The van der Waals surface area contributed by atoms with E-state index in [-0.39, 0.29) is 18.1 Å². The molecule has 164 valence electrons. The lowest BCUT2D eigenvalue weighted by atomic mass is 9.94. The zero-order valence-corrected chi connectivity index (χ0v) is 20.7. The summed E-state index contributed by atoms with van der Waals surface area (Å²) in [7, 11) is 2.69. The molecule has 2 aromatic rings. The van der Waals surface area contributed by atoms with Crippen LogP contribution in [0.4, 0.5) is 4.39 Å². The lowest BCUT2D eigenvalue weighted by Gasteiger charge is -2.35. The van der Waals surface area contributed by atoms with Crippen LogP contribution in [-0.4, -0.2) is 46.6 Å². The molecule has 0 spiro atoms. The molecule has 0 unspecified atom stereocenters. The normalized spacial score (nSPS) is 20.0. The van der Waals surface area contributed by atoms with Crippen molar-refractivity contribution in [1.82, 2.24) is 8.87 Å². The number of fused-ring (bicyclic) bond motifs is 1. The molecule has 1 aliphatic rings. The van der Waals surface area contributed by atoms with Crippen LogP contribution in [0.3, 0.4) is 0 Å². The highest BCUT2D eigenvalue weighted by Crippen LogP contribution is 2.44. The number of halogens is 2. The molecule has 0 aliphatic carbocycles. The summed E-state index contributed by atoms with van der Waals surface area (Å²) in [6.45, 7) is 8.54. The first-order chi connectivity index (χ1) is 14.0. The van der Waals surface area contributed by atoms with Crippen LogP contribution < -0.4 is 0 Å². The van der Waals surface area contributed by atoms with Gasteiger partial charge >= 0.3 is 11.9 Å². The third-order valence-corrected chi connectivity index (χ3v) is 7.11. The summed E-state index contributed by atoms with van der Waals surface area (Å²) in [5, 5.41) is 0.632. The van der Waals surface area contributed by atoms with E-state index in [1.807, 2.05) is 30.8 Å². The zero-order valence-electron chi connectivity index (χ0n) is 17.8. The molecule has 0 radical (unpaired) electrons. The highest BCUT2D eigenvalue weighted by Gasteiger charge is 2.42. The Labute approximate surface area is 192 Å². The van der Waals surface area contributed by atoms with Gasteiger partial charge in [-0.25, -0.2) is 9.18 Å². The van der Waals surface area contributed by atoms with Gasteiger partial charge in [0.2, 0.25) is 0 Å². The Bertz CT molecular complexity index is 988. The molecule has 1 atom stereocenters. The number of aromatic nitrogens is 1. The smallest absolute Gasteiger partial charge is 0.338 e. The second-order valence-electron chi connectivity index (χ2n) is 8.66. The minimum atomic E-state index is -0.580. The monoisotopic (exact) mass is 548 g/mol. The molecule has 0 saturated carbocycles. The predicted molar refractivity (Wildman–Crippen MR) is 124 cm³/mol. The summed E-state index contributed by atoms with van der Waals surface area (Å²) in [6.07, 6.45) is 1.75. The molecular weight excluding hydrogens is 522 g/mol. The van der Waals surface area contributed by atoms with Gasteiger partial charge in [0.05, 0.1) is 36.0 Å². The van der Waals surface area contributed by atoms with Gasteiger partial charge in [-0.15, -0.1) is 0 Å². The van der Waals surface area contributed by atoms with Crippen LogP contribution in [-0.2, 0) is 19.8 Å². The lowest BCUT2D eigenvalue weighted by Crippen LogP contribution is -2.44. The molecule has 1 aromatic carbocycles. The van der Waals surface area contributed by atoms with Gasteiger partial charge in [-0.2, -0.15) is 0 Å². The number of nitrogens with zero attached hydrogens (tertiary/aromatic N) is 2. The summed E-state index contributed by atoms with van der Waals surface area (Å²) in [5.41, 5.74) is 0.701. The summed E-state index contributed by atoms with van der Waals surface area (Å²) >= 11 is 2.15. The fourth-order valence-electron chi connectivity index (χ4n) is 4.07. The van der Waals surface area contributed by atoms with E-state index in [0.717, 1.165) is 25.1 Å². The SMILES string of the molecule is COC(=O)c1cc(F)cc2c1cc([C@@]1(C)CCCN1CC(=O)OC(C)(C)C)n2SI. The fraction of sp³-hybridized carbons (Fsp3) is 0.524. The Morgan fingerprint density at radius 2 is 2.00 bits per heavy atom. The van der Waals surface area contributed by atoms with E-state index in [1.54, 1.807) is 0 Å². The highest BCUT2D eigenvalue weighted by atomic mass is 127. The van der Waals surface area contributed by atoms with Gasteiger partial charge in [-0.3, -0.25) is 13.7 Å². The summed E-state index contributed by atoms with van der Waals surface area (Å²) in [6, 6.07) is 4.54. The number of hydrogen-bond donors (Lipinski definition) is 0. The molecule has 1 aliphatic heterocycles. The Morgan fingerprint density at radius 3 is 2.60 bits per heavy atom. The maximum absolute atomic E-state index is 14.3. The van der Waals surface area contributed by atoms with E-state index in [2.05, 4.69) is 33.0 Å². The first-order valence-corrected chi connectivity index (χ1v) is 13.0. The average molecular weight is 548 g/mol. The number of likely N-dealkylation sites (tertiary alicyclic amines) is 1. The summed E-state index contributed by atoms with van der Waals surface area (Å²) in [4.78, 5) is 26.9. The summed E-state index contributed by atoms with van der Waals surface area (Å²) in [5.74, 6) is -1.35. The van der Waals surface area contributed by atoms with Crippen molar-refractivity contribution in [2.75, 3.05) is 20.2 Å². The number of rotatable bonds is 5. The number of carbonyl (C=O) groups excluding carboxylic acids is 2. The minimum absolute atomic E-state index is 0.166. The molecule has 1 saturated heterocycles. The Morgan fingerprint density at radius 1 is 1.30 bits per heavy atom. The predicted octanol–water partition coefficient (Wildman–Crippen LogP) is 5.07. The number of esters is 2. The number of benzene rings is 1. The van der Waals surface area contributed by atoms with Gasteiger partial charge in [-0.05, 0) is 65.3 Å². The topological polar surface area (TPSA) is 60.8 Å². The molecule has 6 nitrogen and oxygen atoms in total. The Kier molecular flexibility index (Phi) is 6.74. The van der Waals surface area contributed by atoms with E-state index in [0.29, 0.717) is 10.9 Å². The van der Waals surface area contributed by atoms with Crippen molar-refractivity contribution >= 4 is 53.2 Å². The molecule has 30 heavy (non-hydrogen) atoms. The summed E-state index contributed by atoms with van der Waals surface area (Å²) < 4.78 is 26.6. The number of carbonyl (C=O) groups is 2. The van der Waals surface area contributed by atoms with Crippen LogP contribution >= 0.6 is 30.3 Å². The maximum atomic E-state index is 14.3. The number of hydrogen-bond acceptors (Lipinski definition) is 6. The van der Waals surface area contributed by atoms with E-state index >= 15 is 0 Å². The molecule has 3 rings (SSSR count). The highest BCUT2D eigenvalue weighted by molar-refractivity contribution is 14.2. The molecule has 0 amide bonds. The molecular formula is C21H26FIN2O4S. The van der Waals surface area contributed by atoms with Crippen LogP contribution in [0.1, 0.15) is 56.6 Å². The van der Waals surface area contributed by atoms with E-state index in [1.165, 1.54) is 28.4 Å². The van der Waals surface area contributed by atoms with Crippen LogP contribution in [0.15, 0.2) is 18.2 Å². The second-order valence-corrected chi connectivity index (χ2v) is 10.3. The van der Waals surface area contributed by atoms with Gasteiger partial charge in [-0.1, -0.05) is 0 Å². The molecule has 2 heterocycles. The number of ether oxygens (including phenoxy) is 2. The van der Waals surface area contributed by atoms with Gasteiger partial charge in [0, 0.05) is 35.7 Å². The molecule has 9 heteroatoms. The van der Waals surface area contributed by atoms with Crippen molar-refractivity contribution in [3.63, 3.8) is 0 Å². The van der Waals surface area contributed by atoms with Crippen molar-refractivity contribution in [3.8, 4) is 0 Å². The van der Waals surface area contributed by atoms with E-state index in [4.69, 9.17) is 9.47 Å². The van der Waals surface area contributed by atoms with Crippen LogP contribution in [0.2, 0.25) is 0 Å².